The SMILES string of the molecule is C=C(C(=O)O[N+](=O)[O-])c1ccccc1. The molecule has 1 aromatic rings. The Balaban J connectivity index is 2.76. The van der Waals surface area contributed by atoms with Gasteiger partial charge in [0.2, 0.25) is 0 Å². The molecule has 0 saturated heterocycles. The first-order chi connectivity index (χ1) is 6.61. The van der Waals surface area contributed by atoms with E-state index in [4.69, 9.17) is 0 Å². The van der Waals surface area contributed by atoms with Crippen molar-refractivity contribution in [2.75, 3.05) is 0 Å². The molecule has 72 valence electrons. The van der Waals surface area contributed by atoms with Crippen LogP contribution < -0.4 is 0 Å². The Hall–Kier alpha value is -2.17. The van der Waals surface area contributed by atoms with Crippen molar-refractivity contribution >= 4 is 11.5 Å². The van der Waals surface area contributed by atoms with Gasteiger partial charge in [0, 0.05) is 5.57 Å². The Morgan fingerprint density at radius 1 is 1.36 bits per heavy atom. The lowest BCUT2D eigenvalue weighted by Gasteiger charge is -2.01. The molecular weight excluding hydrogens is 186 g/mol. The molecule has 0 aliphatic heterocycles. The lowest BCUT2D eigenvalue weighted by atomic mass is 10.1. The zero-order valence-electron chi connectivity index (χ0n) is 7.17. The van der Waals surface area contributed by atoms with Crippen molar-refractivity contribution in [2.24, 2.45) is 0 Å². The van der Waals surface area contributed by atoms with Crippen LogP contribution in [0.2, 0.25) is 0 Å². The van der Waals surface area contributed by atoms with Crippen LogP contribution in [0.25, 0.3) is 5.57 Å². The highest BCUT2D eigenvalue weighted by Crippen LogP contribution is 2.12. The first-order valence-corrected chi connectivity index (χ1v) is 3.72. The van der Waals surface area contributed by atoms with E-state index in [2.05, 4.69) is 11.4 Å². The lowest BCUT2D eigenvalue weighted by Crippen LogP contribution is -2.11. The molecule has 0 aliphatic rings. The standard InChI is InChI=1S/C9H7NO4/c1-7(9(11)14-10(12)13)8-5-3-2-4-6-8/h2-6H,1H2. The smallest absolute Gasteiger partial charge is 0.263 e. The van der Waals surface area contributed by atoms with Crippen LogP contribution in [0.4, 0.5) is 0 Å². The van der Waals surface area contributed by atoms with Gasteiger partial charge in [-0.15, -0.1) is 10.1 Å². The molecule has 0 unspecified atom stereocenters. The summed E-state index contributed by atoms with van der Waals surface area (Å²) >= 11 is 0. The van der Waals surface area contributed by atoms with Crippen molar-refractivity contribution in [1.82, 2.24) is 0 Å². The van der Waals surface area contributed by atoms with Crippen LogP contribution in [-0.4, -0.2) is 11.1 Å². The molecule has 1 rings (SSSR count). The van der Waals surface area contributed by atoms with E-state index in [1.807, 2.05) is 0 Å². The first kappa shape index (κ1) is 9.91. The third-order valence-electron chi connectivity index (χ3n) is 1.53. The van der Waals surface area contributed by atoms with Gasteiger partial charge >= 0.3 is 11.1 Å². The first-order valence-electron chi connectivity index (χ1n) is 3.72. The van der Waals surface area contributed by atoms with Crippen LogP contribution in [0.15, 0.2) is 36.9 Å². The summed E-state index contributed by atoms with van der Waals surface area (Å²) in [5.41, 5.74) is 0.460. The molecule has 0 radical (unpaired) electrons. The van der Waals surface area contributed by atoms with Gasteiger partial charge in [-0.25, -0.2) is 4.84 Å². The summed E-state index contributed by atoms with van der Waals surface area (Å²) in [4.78, 5) is 24.6. The Morgan fingerprint density at radius 2 is 1.93 bits per heavy atom. The van der Waals surface area contributed by atoms with Crippen molar-refractivity contribution in [3.8, 4) is 0 Å². The number of hydrogen-bond donors (Lipinski definition) is 0. The normalized spacial score (nSPS) is 9.14. The van der Waals surface area contributed by atoms with Crippen molar-refractivity contribution in [3.05, 3.63) is 52.6 Å². The van der Waals surface area contributed by atoms with Crippen LogP contribution in [0.1, 0.15) is 5.56 Å². The molecule has 0 fully saturated rings. The number of hydrogen-bond acceptors (Lipinski definition) is 4. The molecular formula is C9H7NO4. The van der Waals surface area contributed by atoms with E-state index in [1.165, 1.54) is 0 Å². The number of carbonyl (C=O) groups is 1. The molecule has 0 heterocycles. The van der Waals surface area contributed by atoms with Crippen molar-refractivity contribution in [2.45, 2.75) is 0 Å². The van der Waals surface area contributed by atoms with Crippen molar-refractivity contribution in [3.63, 3.8) is 0 Å². The van der Waals surface area contributed by atoms with E-state index in [1.54, 1.807) is 30.3 Å². The Kier molecular flexibility index (Phi) is 2.96. The summed E-state index contributed by atoms with van der Waals surface area (Å²) in [6, 6.07) is 8.38. The molecule has 0 amide bonds. The van der Waals surface area contributed by atoms with Gasteiger partial charge in [-0.05, 0) is 5.56 Å². The summed E-state index contributed by atoms with van der Waals surface area (Å²) in [5, 5.41) is 8.71. The number of carbonyl (C=O) groups excluding carboxylic acids is 1. The number of benzene rings is 1. The highest BCUT2D eigenvalue weighted by molar-refractivity contribution is 6.15. The van der Waals surface area contributed by atoms with Crippen LogP contribution in [0.5, 0.6) is 0 Å². The second-order valence-corrected chi connectivity index (χ2v) is 2.45. The van der Waals surface area contributed by atoms with E-state index in [0.29, 0.717) is 5.56 Å². The fourth-order valence-corrected chi connectivity index (χ4v) is 0.880. The van der Waals surface area contributed by atoms with Gasteiger partial charge in [-0.1, -0.05) is 36.9 Å². The van der Waals surface area contributed by atoms with Gasteiger partial charge in [0.15, 0.2) is 0 Å². The van der Waals surface area contributed by atoms with Gasteiger partial charge in [0.1, 0.15) is 0 Å². The minimum absolute atomic E-state index is 0.0395. The van der Waals surface area contributed by atoms with E-state index < -0.39 is 11.1 Å². The molecule has 0 bridgehead atoms. The highest BCUT2D eigenvalue weighted by Gasteiger charge is 2.13. The quantitative estimate of drug-likeness (QED) is 0.413. The van der Waals surface area contributed by atoms with Gasteiger partial charge in [0.25, 0.3) is 0 Å². The molecule has 0 spiro atoms. The largest absolute Gasteiger partial charge is 0.334 e. The van der Waals surface area contributed by atoms with Crippen molar-refractivity contribution in [1.29, 1.82) is 0 Å². The fraction of sp³-hybridized carbons (Fsp3) is 0. The second kappa shape index (κ2) is 4.18. The molecule has 0 aliphatic carbocycles. The number of rotatable bonds is 3. The van der Waals surface area contributed by atoms with Crippen LogP contribution in [0.3, 0.4) is 0 Å². The van der Waals surface area contributed by atoms with Gasteiger partial charge in [0.05, 0.1) is 0 Å². The van der Waals surface area contributed by atoms with Crippen LogP contribution in [-0.2, 0) is 9.63 Å². The van der Waals surface area contributed by atoms with E-state index >= 15 is 0 Å². The fourth-order valence-electron chi connectivity index (χ4n) is 0.880. The van der Waals surface area contributed by atoms with Crippen LogP contribution >= 0.6 is 0 Å². The maximum atomic E-state index is 11.0. The van der Waals surface area contributed by atoms with Gasteiger partial charge in [-0.3, -0.25) is 4.79 Å². The molecule has 1 aromatic carbocycles. The Morgan fingerprint density at radius 3 is 2.43 bits per heavy atom. The Bertz CT molecular complexity index is 372. The van der Waals surface area contributed by atoms with Crippen LogP contribution in [0, 0.1) is 10.1 Å². The van der Waals surface area contributed by atoms with E-state index in [-0.39, 0.29) is 5.57 Å². The predicted molar refractivity (Wildman–Crippen MR) is 48.6 cm³/mol. The summed E-state index contributed by atoms with van der Waals surface area (Å²) in [6.07, 6.45) is 0. The third-order valence-corrected chi connectivity index (χ3v) is 1.53. The Labute approximate surface area is 79.7 Å². The van der Waals surface area contributed by atoms with Gasteiger partial charge < -0.3 is 0 Å². The molecule has 0 N–H and O–H groups in total. The summed E-state index contributed by atoms with van der Waals surface area (Å²) < 4.78 is 0. The topological polar surface area (TPSA) is 69.4 Å². The molecule has 14 heavy (non-hydrogen) atoms. The molecule has 0 aromatic heterocycles. The average molecular weight is 193 g/mol. The maximum absolute atomic E-state index is 11.0. The predicted octanol–water partition coefficient (Wildman–Crippen LogP) is 1.43. The molecule has 0 atom stereocenters. The molecule has 5 nitrogen and oxygen atoms in total. The van der Waals surface area contributed by atoms with Crippen molar-refractivity contribution < 1.29 is 14.7 Å². The molecule has 0 saturated carbocycles. The summed E-state index contributed by atoms with van der Waals surface area (Å²) in [5.74, 6) is -1.05. The molecule has 5 heteroatoms. The van der Waals surface area contributed by atoms with E-state index in [9.17, 15) is 14.9 Å². The third kappa shape index (κ3) is 2.41. The minimum atomic E-state index is -1.16. The summed E-state index contributed by atoms with van der Waals surface area (Å²) in [7, 11) is 0. The monoisotopic (exact) mass is 193 g/mol. The summed E-state index contributed by atoms with van der Waals surface area (Å²) in [6.45, 7) is 3.40. The maximum Gasteiger partial charge on any atom is 0.334 e. The average Bonchev–Trinajstić information content (AvgIpc) is 2.17. The van der Waals surface area contributed by atoms with E-state index in [0.717, 1.165) is 0 Å². The van der Waals surface area contributed by atoms with Gasteiger partial charge in [-0.2, -0.15) is 0 Å². The zero-order valence-corrected chi connectivity index (χ0v) is 7.17. The highest BCUT2D eigenvalue weighted by atomic mass is 17.0. The minimum Gasteiger partial charge on any atom is -0.263 e. The zero-order chi connectivity index (χ0) is 10.6. The second-order valence-electron chi connectivity index (χ2n) is 2.45. The lowest BCUT2D eigenvalue weighted by molar-refractivity contribution is -0.728. The number of nitrogens with zero attached hydrogens (tertiary/aromatic N) is 1.